The molecular weight excluding hydrogens is 466 g/mol. The fraction of sp³-hybridized carbons (Fsp3) is 0.364. The molecule has 3 rings (SSSR count). The summed E-state index contributed by atoms with van der Waals surface area (Å²) >= 11 is 0. The average molecular weight is 488 g/mol. The average Bonchev–Trinajstić information content (AvgIpc) is 2.74. The summed E-state index contributed by atoms with van der Waals surface area (Å²) in [7, 11) is 0. The fourth-order valence-electron chi connectivity index (χ4n) is 3.69. The fourth-order valence-corrected chi connectivity index (χ4v) is 3.69. The van der Waals surface area contributed by atoms with E-state index in [1.807, 2.05) is 0 Å². The van der Waals surface area contributed by atoms with Crippen LogP contribution in [-0.4, -0.2) is 24.1 Å². The number of hydrogen-bond donors (Lipinski definition) is 4. The molecule has 0 aromatic heterocycles. The monoisotopic (exact) mass is 488 g/mol. The third-order valence-electron chi connectivity index (χ3n) is 5.29. The van der Waals surface area contributed by atoms with E-state index in [1.54, 1.807) is 0 Å². The predicted octanol–water partition coefficient (Wildman–Crippen LogP) is 5.98. The minimum absolute atomic E-state index is 0.0464. The number of rotatable bonds is 4. The molecule has 2 aromatic carbocycles. The van der Waals surface area contributed by atoms with Gasteiger partial charge in [0.2, 0.25) is 0 Å². The molecule has 6 nitrogen and oxygen atoms in total. The van der Waals surface area contributed by atoms with Gasteiger partial charge in [-0.05, 0) is 49.2 Å². The number of urea groups is 2. The first-order valence-corrected chi connectivity index (χ1v) is 10.4. The molecule has 34 heavy (non-hydrogen) atoms. The Balaban J connectivity index is 1.59. The van der Waals surface area contributed by atoms with Crippen LogP contribution in [0.25, 0.3) is 0 Å². The molecule has 184 valence electrons. The first-order valence-electron chi connectivity index (χ1n) is 10.4. The van der Waals surface area contributed by atoms with Crippen molar-refractivity contribution in [3.8, 4) is 0 Å². The minimum Gasteiger partial charge on any atom is -0.333 e. The molecule has 1 aliphatic carbocycles. The molecule has 0 spiro atoms. The van der Waals surface area contributed by atoms with Crippen LogP contribution in [0.3, 0.4) is 0 Å². The van der Waals surface area contributed by atoms with Gasteiger partial charge in [-0.1, -0.05) is 25.0 Å². The van der Waals surface area contributed by atoms with Crippen LogP contribution in [0.5, 0.6) is 0 Å². The van der Waals surface area contributed by atoms with Crippen molar-refractivity contribution in [3.63, 3.8) is 0 Å². The molecule has 4 N–H and O–H groups in total. The van der Waals surface area contributed by atoms with Crippen LogP contribution < -0.4 is 21.3 Å². The number of carbonyl (C=O) groups is 2. The van der Waals surface area contributed by atoms with Gasteiger partial charge in [0.05, 0.1) is 23.2 Å². The number of alkyl halides is 6. The summed E-state index contributed by atoms with van der Waals surface area (Å²) < 4.78 is 77.1. The van der Waals surface area contributed by atoms with Crippen molar-refractivity contribution in [2.24, 2.45) is 0 Å². The van der Waals surface area contributed by atoms with Crippen LogP contribution >= 0.6 is 0 Å². The Morgan fingerprint density at radius 1 is 0.676 bits per heavy atom. The van der Waals surface area contributed by atoms with Gasteiger partial charge < -0.3 is 21.3 Å². The van der Waals surface area contributed by atoms with E-state index < -0.39 is 47.6 Å². The third-order valence-corrected chi connectivity index (χ3v) is 5.29. The smallest absolute Gasteiger partial charge is 0.333 e. The van der Waals surface area contributed by atoms with Crippen LogP contribution in [0.2, 0.25) is 0 Å². The second-order valence-electron chi connectivity index (χ2n) is 7.85. The van der Waals surface area contributed by atoms with Gasteiger partial charge in [-0.2, -0.15) is 26.3 Å². The highest BCUT2D eigenvalue weighted by Gasteiger charge is 2.32. The lowest BCUT2D eigenvalue weighted by molar-refractivity contribution is -0.138. The molecule has 12 heteroatoms. The largest absolute Gasteiger partial charge is 0.416 e. The maximum absolute atomic E-state index is 12.9. The standard InChI is InChI=1S/C22H22F6N4O2/c23-21(24,25)13-5-3-7-15(11-13)29-19(33)31-17-9-1-2-10-18(17)32-20(34)30-16-8-4-6-14(12-16)22(26,27)28/h3-8,11-12,17-18H,1-2,9-10H2,(H2,29,31,33)(H2,30,32,34)/t17-,18+. The summed E-state index contributed by atoms with van der Waals surface area (Å²) in [6, 6.07) is 5.81. The molecule has 1 saturated carbocycles. The van der Waals surface area contributed by atoms with E-state index in [1.165, 1.54) is 24.3 Å². The second kappa shape index (κ2) is 10.2. The van der Waals surface area contributed by atoms with Gasteiger partial charge in [0, 0.05) is 11.4 Å². The molecule has 2 aromatic rings. The highest BCUT2D eigenvalue weighted by molar-refractivity contribution is 5.91. The maximum atomic E-state index is 12.9. The van der Waals surface area contributed by atoms with Crippen LogP contribution in [-0.2, 0) is 12.4 Å². The van der Waals surface area contributed by atoms with Crippen LogP contribution in [0.1, 0.15) is 36.8 Å². The van der Waals surface area contributed by atoms with Gasteiger partial charge in [-0.3, -0.25) is 0 Å². The van der Waals surface area contributed by atoms with Crippen molar-refractivity contribution in [1.29, 1.82) is 0 Å². The Hall–Kier alpha value is -3.44. The van der Waals surface area contributed by atoms with E-state index in [9.17, 15) is 35.9 Å². The topological polar surface area (TPSA) is 82.3 Å². The zero-order valence-corrected chi connectivity index (χ0v) is 17.7. The number of amides is 4. The van der Waals surface area contributed by atoms with Crippen molar-refractivity contribution in [2.45, 2.75) is 50.1 Å². The summed E-state index contributed by atoms with van der Waals surface area (Å²) in [5.41, 5.74) is -1.91. The predicted molar refractivity (Wildman–Crippen MR) is 113 cm³/mol. The normalized spacial score (nSPS) is 18.6. The molecule has 0 unspecified atom stereocenters. The molecule has 0 bridgehead atoms. The van der Waals surface area contributed by atoms with E-state index in [-0.39, 0.29) is 11.4 Å². The van der Waals surface area contributed by atoms with Gasteiger partial charge in [-0.25, -0.2) is 9.59 Å². The van der Waals surface area contributed by atoms with E-state index in [2.05, 4.69) is 21.3 Å². The van der Waals surface area contributed by atoms with Crippen molar-refractivity contribution in [3.05, 3.63) is 59.7 Å². The molecule has 1 aliphatic rings. The van der Waals surface area contributed by atoms with E-state index in [4.69, 9.17) is 0 Å². The summed E-state index contributed by atoms with van der Waals surface area (Å²) in [5.74, 6) is 0. The number of halogens is 6. The van der Waals surface area contributed by atoms with Crippen molar-refractivity contribution < 1.29 is 35.9 Å². The van der Waals surface area contributed by atoms with Crippen LogP contribution in [0, 0.1) is 0 Å². The SMILES string of the molecule is O=C(Nc1cccc(C(F)(F)F)c1)N[C@H]1CCCC[C@H]1NC(=O)Nc1cccc(C(F)(F)F)c1. The highest BCUT2D eigenvalue weighted by atomic mass is 19.4. The number of nitrogens with one attached hydrogen (secondary N) is 4. The molecule has 0 aliphatic heterocycles. The Kier molecular flexibility index (Phi) is 7.57. The molecule has 2 atom stereocenters. The quantitative estimate of drug-likeness (QED) is 0.400. The van der Waals surface area contributed by atoms with E-state index >= 15 is 0 Å². The Bertz CT molecular complexity index is 943. The molecule has 0 heterocycles. The Labute approximate surface area is 191 Å². The lowest BCUT2D eigenvalue weighted by atomic mass is 9.90. The van der Waals surface area contributed by atoms with Crippen LogP contribution in [0.4, 0.5) is 47.3 Å². The summed E-state index contributed by atoms with van der Waals surface area (Å²) in [6.07, 6.45) is -6.60. The first kappa shape index (κ1) is 25.2. The van der Waals surface area contributed by atoms with Gasteiger partial charge in [0.15, 0.2) is 0 Å². The molecule has 0 radical (unpaired) electrons. The van der Waals surface area contributed by atoms with Crippen molar-refractivity contribution in [1.82, 2.24) is 10.6 Å². The first-order chi connectivity index (χ1) is 15.9. The molecule has 0 saturated heterocycles. The van der Waals surface area contributed by atoms with Crippen LogP contribution in [0.15, 0.2) is 48.5 Å². The summed E-state index contributed by atoms with van der Waals surface area (Å²) in [5, 5.41) is 10.0. The van der Waals surface area contributed by atoms with Gasteiger partial charge in [0.25, 0.3) is 0 Å². The minimum atomic E-state index is -4.56. The van der Waals surface area contributed by atoms with Crippen molar-refractivity contribution >= 4 is 23.4 Å². The Morgan fingerprint density at radius 3 is 1.41 bits per heavy atom. The second-order valence-corrected chi connectivity index (χ2v) is 7.85. The number of hydrogen-bond acceptors (Lipinski definition) is 2. The number of anilines is 2. The lowest BCUT2D eigenvalue weighted by Crippen LogP contribution is -2.54. The maximum Gasteiger partial charge on any atom is 0.416 e. The zero-order chi connectivity index (χ0) is 24.9. The molecule has 4 amide bonds. The highest BCUT2D eigenvalue weighted by Crippen LogP contribution is 2.31. The number of benzene rings is 2. The van der Waals surface area contributed by atoms with Gasteiger partial charge in [0.1, 0.15) is 0 Å². The number of carbonyl (C=O) groups excluding carboxylic acids is 2. The lowest BCUT2D eigenvalue weighted by Gasteiger charge is -2.32. The summed E-state index contributed by atoms with van der Waals surface area (Å²) in [6.45, 7) is 0. The van der Waals surface area contributed by atoms with E-state index in [0.29, 0.717) is 12.8 Å². The van der Waals surface area contributed by atoms with Crippen molar-refractivity contribution in [2.75, 3.05) is 10.6 Å². The zero-order valence-electron chi connectivity index (χ0n) is 17.7. The molecule has 1 fully saturated rings. The summed E-state index contributed by atoms with van der Waals surface area (Å²) in [4.78, 5) is 24.7. The third kappa shape index (κ3) is 7.03. The van der Waals surface area contributed by atoms with E-state index in [0.717, 1.165) is 37.1 Å². The van der Waals surface area contributed by atoms with Gasteiger partial charge >= 0.3 is 24.4 Å². The van der Waals surface area contributed by atoms with Gasteiger partial charge in [-0.15, -0.1) is 0 Å². The molecular formula is C22H22F6N4O2. The Morgan fingerprint density at radius 2 is 1.06 bits per heavy atom.